The number of anilines is 1. The summed E-state index contributed by atoms with van der Waals surface area (Å²) in [5.74, 6) is 0.979. The van der Waals surface area contributed by atoms with Gasteiger partial charge in [-0.15, -0.1) is 0 Å². The number of amides is 1. The number of nitrogens with zero attached hydrogens (tertiary/aromatic N) is 2. The molecule has 5 rings (SSSR count). The van der Waals surface area contributed by atoms with Crippen LogP contribution in [0.15, 0.2) is 30.3 Å². The summed E-state index contributed by atoms with van der Waals surface area (Å²) in [5.41, 5.74) is 4.53. The summed E-state index contributed by atoms with van der Waals surface area (Å²) in [7, 11) is 0. The van der Waals surface area contributed by atoms with Gasteiger partial charge in [-0.25, -0.2) is 4.98 Å². The van der Waals surface area contributed by atoms with E-state index in [-0.39, 0.29) is 11.3 Å². The lowest BCUT2D eigenvalue weighted by atomic mass is 9.75. The second kappa shape index (κ2) is 10.4. The number of halogens is 2. The van der Waals surface area contributed by atoms with Crippen molar-refractivity contribution in [2.45, 2.75) is 52.0 Å². The Bertz CT molecular complexity index is 1210. The van der Waals surface area contributed by atoms with Crippen LogP contribution in [0.25, 0.3) is 11.0 Å². The molecule has 0 spiro atoms. The second-order valence-electron chi connectivity index (χ2n) is 10.0. The van der Waals surface area contributed by atoms with Gasteiger partial charge in [-0.05, 0) is 42.2 Å². The number of morpholine rings is 1. The second-order valence-corrected chi connectivity index (χ2v) is 10.8. The summed E-state index contributed by atoms with van der Waals surface area (Å²) in [6.45, 7) is 5.63. The van der Waals surface area contributed by atoms with Crippen LogP contribution in [0.2, 0.25) is 10.0 Å². The minimum Gasteiger partial charge on any atom is -0.378 e. The summed E-state index contributed by atoms with van der Waals surface area (Å²) in [5, 5.41) is 4.54. The van der Waals surface area contributed by atoms with Crippen LogP contribution in [0, 0.1) is 5.41 Å². The molecule has 2 aromatic carbocycles. The Hall–Kier alpha value is -2.28. The highest BCUT2D eigenvalue weighted by molar-refractivity contribution is 6.34. The van der Waals surface area contributed by atoms with Crippen molar-refractivity contribution in [1.29, 1.82) is 0 Å². The van der Waals surface area contributed by atoms with E-state index < -0.39 is 0 Å². The quantitative estimate of drug-likeness (QED) is 0.430. The molecule has 186 valence electrons. The number of carbonyl (C=O) groups excluding carboxylic acids is 1. The van der Waals surface area contributed by atoms with Crippen molar-refractivity contribution in [1.82, 2.24) is 15.3 Å². The first-order valence-corrected chi connectivity index (χ1v) is 13.2. The molecule has 0 atom stereocenters. The molecule has 35 heavy (non-hydrogen) atoms. The van der Waals surface area contributed by atoms with Gasteiger partial charge in [0.2, 0.25) is 5.91 Å². The number of benzene rings is 2. The predicted molar refractivity (Wildman–Crippen MR) is 141 cm³/mol. The molecule has 0 bridgehead atoms. The molecule has 1 amide bonds. The van der Waals surface area contributed by atoms with E-state index >= 15 is 0 Å². The zero-order valence-electron chi connectivity index (χ0n) is 20.1. The van der Waals surface area contributed by atoms with Crippen molar-refractivity contribution < 1.29 is 9.53 Å². The van der Waals surface area contributed by atoms with Gasteiger partial charge in [0.25, 0.3) is 0 Å². The van der Waals surface area contributed by atoms with Crippen molar-refractivity contribution in [3.63, 3.8) is 0 Å². The maximum Gasteiger partial charge on any atom is 0.226 e. The molecule has 2 heterocycles. The number of hydrogen-bond donors (Lipinski definition) is 2. The van der Waals surface area contributed by atoms with Gasteiger partial charge in [-0.2, -0.15) is 0 Å². The molecule has 0 unspecified atom stereocenters. The van der Waals surface area contributed by atoms with Crippen LogP contribution < -0.4 is 10.2 Å². The first kappa shape index (κ1) is 24.4. The molecule has 1 aromatic heterocycles. The van der Waals surface area contributed by atoms with Crippen LogP contribution in [0.1, 0.15) is 56.0 Å². The van der Waals surface area contributed by atoms with E-state index in [1.165, 1.54) is 6.42 Å². The number of imidazole rings is 1. The third-order valence-electron chi connectivity index (χ3n) is 7.38. The van der Waals surface area contributed by atoms with Crippen LogP contribution in [0.5, 0.6) is 0 Å². The Morgan fingerprint density at radius 3 is 2.66 bits per heavy atom. The fourth-order valence-corrected chi connectivity index (χ4v) is 5.68. The molecule has 3 aromatic rings. The molecule has 0 radical (unpaired) electrons. The predicted octanol–water partition coefficient (Wildman–Crippen LogP) is 5.88. The average molecular weight is 515 g/mol. The van der Waals surface area contributed by atoms with Gasteiger partial charge in [0, 0.05) is 36.5 Å². The lowest BCUT2D eigenvalue weighted by Crippen LogP contribution is -2.39. The summed E-state index contributed by atoms with van der Waals surface area (Å²) < 4.78 is 5.46. The fourth-order valence-electron chi connectivity index (χ4n) is 5.21. The molecule has 1 aliphatic heterocycles. The normalized spacial score (nSPS) is 18.1. The van der Waals surface area contributed by atoms with Crippen molar-refractivity contribution >= 4 is 45.8 Å². The molecule has 6 nitrogen and oxygen atoms in total. The van der Waals surface area contributed by atoms with Crippen molar-refractivity contribution in [3.8, 4) is 0 Å². The molecule has 2 aliphatic rings. The number of fused-ring (bicyclic) bond motifs is 1. The summed E-state index contributed by atoms with van der Waals surface area (Å²) in [6, 6.07) is 9.92. The van der Waals surface area contributed by atoms with E-state index in [0.29, 0.717) is 36.2 Å². The van der Waals surface area contributed by atoms with Gasteiger partial charge in [0.1, 0.15) is 5.82 Å². The lowest BCUT2D eigenvalue weighted by Gasteiger charge is -2.32. The standard InChI is InChI=1S/C27H32Cl2N4O2/c1-27(7-3-2-4-8-27)26(34)30-17-18-5-6-20(28)19(13-18)14-25-31-22-15-21(29)24(16-23(22)32-25)33-9-11-35-12-10-33/h5-6,13,15-16H,2-4,7-12,14,17H2,1H3,(H,30,34)(H,31,32). The molecular weight excluding hydrogens is 483 g/mol. The van der Waals surface area contributed by atoms with Gasteiger partial charge in [-0.3, -0.25) is 4.79 Å². The van der Waals surface area contributed by atoms with E-state index in [2.05, 4.69) is 28.2 Å². The first-order chi connectivity index (χ1) is 16.9. The van der Waals surface area contributed by atoms with Crippen LogP contribution >= 0.6 is 23.2 Å². The van der Waals surface area contributed by atoms with Crippen molar-refractivity contribution in [2.24, 2.45) is 5.41 Å². The van der Waals surface area contributed by atoms with Crippen molar-refractivity contribution in [3.05, 3.63) is 57.3 Å². The summed E-state index contributed by atoms with van der Waals surface area (Å²) >= 11 is 13.1. The smallest absolute Gasteiger partial charge is 0.226 e. The van der Waals surface area contributed by atoms with E-state index in [1.807, 2.05) is 24.3 Å². The largest absolute Gasteiger partial charge is 0.378 e. The topological polar surface area (TPSA) is 70.2 Å². The molecule has 8 heteroatoms. The summed E-state index contributed by atoms with van der Waals surface area (Å²) in [6.07, 6.45) is 5.99. The van der Waals surface area contributed by atoms with Crippen LogP contribution in [0.4, 0.5) is 5.69 Å². The lowest BCUT2D eigenvalue weighted by molar-refractivity contribution is -0.132. The number of H-pyrrole nitrogens is 1. The Morgan fingerprint density at radius 1 is 1.11 bits per heavy atom. The van der Waals surface area contributed by atoms with E-state index in [4.69, 9.17) is 32.9 Å². The molecule has 1 saturated carbocycles. The Kier molecular flexibility index (Phi) is 7.24. The minimum absolute atomic E-state index is 0.152. The third kappa shape index (κ3) is 5.45. The van der Waals surface area contributed by atoms with Crippen LogP contribution in [0.3, 0.4) is 0 Å². The van der Waals surface area contributed by atoms with Crippen LogP contribution in [-0.4, -0.2) is 42.2 Å². The maximum absolute atomic E-state index is 12.8. The van der Waals surface area contributed by atoms with Crippen LogP contribution in [-0.2, 0) is 22.5 Å². The maximum atomic E-state index is 12.8. The van der Waals surface area contributed by atoms with Gasteiger partial charge < -0.3 is 19.9 Å². The Labute approximate surface area is 216 Å². The zero-order chi connectivity index (χ0) is 24.4. The molecule has 2 N–H and O–H groups in total. The number of aromatic amines is 1. The Morgan fingerprint density at radius 2 is 1.89 bits per heavy atom. The summed E-state index contributed by atoms with van der Waals surface area (Å²) in [4.78, 5) is 23.3. The zero-order valence-corrected chi connectivity index (χ0v) is 21.6. The molecule has 1 aliphatic carbocycles. The number of ether oxygens (including phenoxy) is 1. The number of hydrogen-bond acceptors (Lipinski definition) is 4. The SMILES string of the molecule is CC1(C(=O)NCc2ccc(Cl)c(Cc3nc4cc(N5CCOCC5)c(Cl)cc4[nH]3)c2)CCCCC1. The fraction of sp³-hybridized carbons (Fsp3) is 0.481. The van der Waals surface area contributed by atoms with E-state index in [0.717, 1.165) is 72.4 Å². The molecular formula is C27H32Cl2N4O2. The highest BCUT2D eigenvalue weighted by Crippen LogP contribution is 2.36. The van der Waals surface area contributed by atoms with Gasteiger partial charge >= 0.3 is 0 Å². The highest BCUT2D eigenvalue weighted by Gasteiger charge is 2.34. The van der Waals surface area contributed by atoms with E-state index in [1.54, 1.807) is 0 Å². The van der Waals surface area contributed by atoms with Gasteiger partial charge in [0.15, 0.2) is 0 Å². The van der Waals surface area contributed by atoms with Crippen molar-refractivity contribution in [2.75, 3.05) is 31.2 Å². The molecule has 2 fully saturated rings. The first-order valence-electron chi connectivity index (χ1n) is 12.5. The molecule has 1 saturated heterocycles. The monoisotopic (exact) mass is 514 g/mol. The third-order valence-corrected chi connectivity index (χ3v) is 8.05. The number of carbonyl (C=O) groups is 1. The minimum atomic E-state index is -0.247. The number of aromatic nitrogens is 2. The van der Waals surface area contributed by atoms with E-state index in [9.17, 15) is 4.79 Å². The number of rotatable bonds is 6. The Balaban J connectivity index is 1.30. The highest BCUT2D eigenvalue weighted by atomic mass is 35.5. The van der Waals surface area contributed by atoms with Gasteiger partial charge in [-0.1, -0.05) is 61.5 Å². The number of nitrogens with one attached hydrogen (secondary N) is 2. The van der Waals surface area contributed by atoms with Gasteiger partial charge in [0.05, 0.1) is 35.0 Å². The average Bonchev–Trinajstić information content (AvgIpc) is 3.25.